The second-order valence-electron chi connectivity index (χ2n) is 4.25. The number of amides is 1. The first-order valence-corrected chi connectivity index (χ1v) is 6.65. The molecule has 0 saturated carbocycles. The van der Waals surface area contributed by atoms with Crippen molar-refractivity contribution >= 4 is 11.9 Å². The SMILES string of the molecule is CCCCCCC(CC)C(=O)NOC(=O)CC. The zero-order valence-electron chi connectivity index (χ0n) is 11.3. The fraction of sp³-hybridized carbons (Fsp3) is 0.846. The van der Waals surface area contributed by atoms with Crippen LogP contribution in [0.4, 0.5) is 0 Å². The Hall–Kier alpha value is -1.06. The summed E-state index contributed by atoms with van der Waals surface area (Å²) in [6.07, 6.45) is 6.54. The molecule has 0 heterocycles. The molecule has 4 heteroatoms. The molecule has 1 N–H and O–H groups in total. The Labute approximate surface area is 104 Å². The number of hydrogen-bond acceptors (Lipinski definition) is 3. The summed E-state index contributed by atoms with van der Waals surface area (Å²) in [6, 6.07) is 0. The van der Waals surface area contributed by atoms with Gasteiger partial charge in [0.25, 0.3) is 5.91 Å². The molecule has 100 valence electrons. The van der Waals surface area contributed by atoms with E-state index in [9.17, 15) is 9.59 Å². The molecule has 0 rings (SSSR count). The van der Waals surface area contributed by atoms with Crippen LogP contribution in [0.25, 0.3) is 0 Å². The van der Waals surface area contributed by atoms with E-state index in [2.05, 4.69) is 17.2 Å². The van der Waals surface area contributed by atoms with Gasteiger partial charge in [-0.25, -0.2) is 4.79 Å². The molecule has 0 aromatic rings. The number of rotatable bonds is 8. The van der Waals surface area contributed by atoms with E-state index in [0.29, 0.717) is 0 Å². The summed E-state index contributed by atoms with van der Waals surface area (Å²) >= 11 is 0. The van der Waals surface area contributed by atoms with E-state index in [4.69, 9.17) is 0 Å². The molecule has 0 radical (unpaired) electrons. The highest BCUT2D eigenvalue weighted by Crippen LogP contribution is 2.14. The van der Waals surface area contributed by atoms with Gasteiger partial charge in [-0.1, -0.05) is 46.5 Å². The number of hydroxylamine groups is 1. The van der Waals surface area contributed by atoms with Crippen molar-refractivity contribution in [3.63, 3.8) is 0 Å². The van der Waals surface area contributed by atoms with Crippen molar-refractivity contribution in [2.75, 3.05) is 0 Å². The Kier molecular flexibility index (Phi) is 9.49. The summed E-state index contributed by atoms with van der Waals surface area (Å²) < 4.78 is 0. The Morgan fingerprint density at radius 3 is 2.35 bits per heavy atom. The molecule has 1 amide bonds. The first kappa shape index (κ1) is 15.9. The van der Waals surface area contributed by atoms with Crippen LogP contribution in [0.15, 0.2) is 0 Å². The van der Waals surface area contributed by atoms with E-state index in [1.807, 2.05) is 6.92 Å². The van der Waals surface area contributed by atoms with Crippen molar-refractivity contribution in [1.29, 1.82) is 0 Å². The zero-order chi connectivity index (χ0) is 13.1. The van der Waals surface area contributed by atoms with Crippen molar-refractivity contribution in [3.8, 4) is 0 Å². The van der Waals surface area contributed by atoms with Gasteiger partial charge in [-0.15, -0.1) is 0 Å². The monoisotopic (exact) mass is 243 g/mol. The van der Waals surface area contributed by atoms with Crippen molar-refractivity contribution < 1.29 is 14.4 Å². The van der Waals surface area contributed by atoms with Crippen molar-refractivity contribution in [3.05, 3.63) is 0 Å². The average Bonchev–Trinajstić information content (AvgIpc) is 2.35. The first-order chi connectivity index (χ1) is 8.15. The number of carbonyl (C=O) groups excluding carboxylic acids is 2. The van der Waals surface area contributed by atoms with Crippen LogP contribution in [0.2, 0.25) is 0 Å². The molecule has 0 aliphatic rings. The van der Waals surface area contributed by atoms with Gasteiger partial charge in [0.1, 0.15) is 0 Å². The highest BCUT2D eigenvalue weighted by molar-refractivity contribution is 5.79. The molecule has 0 aliphatic heterocycles. The zero-order valence-corrected chi connectivity index (χ0v) is 11.3. The van der Waals surface area contributed by atoms with E-state index in [1.165, 1.54) is 12.8 Å². The number of nitrogens with one attached hydrogen (secondary N) is 1. The fourth-order valence-electron chi connectivity index (χ4n) is 1.60. The van der Waals surface area contributed by atoms with Gasteiger partial charge in [0.15, 0.2) is 0 Å². The smallest absolute Gasteiger partial charge is 0.331 e. The molecule has 0 fully saturated rings. The molecular weight excluding hydrogens is 218 g/mol. The minimum absolute atomic E-state index is 0.0449. The lowest BCUT2D eigenvalue weighted by molar-refractivity contribution is -0.159. The predicted octanol–water partition coefficient (Wildman–Crippen LogP) is 2.97. The molecular formula is C13H25NO3. The maximum absolute atomic E-state index is 11.7. The minimum Gasteiger partial charge on any atom is -0.341 e. The van der Waals surface area contributed by atoms with Crippen LogP contribution >= 0.6 is 0 Å². The molecule has 0 aromatic heterocycles. The number of hydrogen-bond donors (Lipinski definition) is 1. The lowest BCUT2D eigenvalue weighted by Gasteiger charge is -2.14. The van der Waals surface area contributed by atoms with Crippen LogP contribution < -0.4 is 5.48 Å². The van der Waals surface area contributed by atoms with Crippen molar-refractivity contribution in [2.45, 2.75) is 65.7 Å². The maximum Gasteiger partial charge on any atom is 0.331 e. The van der Waals surface area contributed by atoms with Gasteiger partial charge in [-0.2, -0.15) is 5.48 Å². The van der Waals surface area contributed by atoms with Gasteiger partial charge < -0.3 is 4.84 Å². The van der Waals surface area contributed by atoms with Gasteiger partial charge in [0, 0.05) is 12.3 Å². The lowest BCUT2D eigenvalue weighted by atomic mass is 9.98. The Bertz CT molecular complexity index is 229. The van der Waals surface area contributed by atoms with Gasteiger partial charge in [-0.3, -0.25) is 4.79 Å². The predicted molar refractivity (Wildman–Crippen MR) is 67.1 cm³/mol. The highest BCUT2D eigenvalue weighted by atomic mass is 16.7. The molecule has 1 unspecified atom stereocenters. The van der Waals surface area contributed by atoms with Crippen molar-refractivity contribution in [2.24, 2.45) is 5.92 Å². The summed E-state index contributed by atoms with van der Waals surface area (Å²) in [5.41, 5.74) is 2.24. The fourth-order valence-corrected chi connectivity index (χ4v) is 1.60. The summed E-state index contributed by atoms with van der Waals surface area (Å²) in [4.78, 5) is 27.2. The summed E-state index contributed by atoms with van der Waals surface area (Å²) in [6.45, 7) is 5.83. The van der Waals surface area contributed by atoms with Crippen LogP contribution in [0, 0.1) is 5.92 Å². The standard InChI is InChI=1S/C13H25NO3/c1-4-7-8-9-10-11(5-2)13(16)14-17-12(15)6-3/h11H,4-10H2,1-3H3,(H,14,16). The topological polar surface area (TPSA) is 55.4 Å². The van der Waals surface area contributed by atoms with Crippen LogP contribution in [0.5, 0.6) is 0 Å². The first-order valence-electron chi connectivity index (χ1n) is 6.65. The third-order valence-corrected chi connectivity index (χ3v) is 2.82. The second kappa shape index (κ2) is 10.1. The summed E-state index contributed by atoms with van der Waals surface area (Å²) in [7, 11) is 0. The van der Waals surface area contributed by atoms with Crippen molar-refractivity contribution in [1.82, 2.24) is 5.48 Å². The Morgan fingerprint density at radius 2 is 1.82 bits per heavy atom. The molecule has 0 aromatic carbocycles. The van der Waals surface area contributed by atoms with E-state index in [-0.39, 0.29) is 18.2 Å². The second-order valence-corrected chi connectivity index (χ2v) is 4.25. The van der Waals surface area contributed by atoms with Crippen LogP contribution in [-0.2, 0) is 14.4 Å². The quantitative estimate of drug-likeness (QED) is 0.526. The molecule has 0 bridgehead atoms. The van der Waals surface area contributed by atoms with Crippen LogP contribution in [-0.4, -0.2) is 11.9 Å². The molecule has 1 atom stereocenters. The lowest BCUT2D eigenvalue weighted by Crippen LogP contribution is -2.32. The van der Waals surface area contributed by atoms with E-state index >= 15 is 0 Å². The molecule has 17 heavy (non-hydrogen) atoms. The third-order valence-electron chi connectivity index (χ3n) is 2.82. The van der Waals surface area contributed by atoms with Gasteiger partial charge in [0.05, 0.1) is 0 Å². The van der Waals surface area contributed by atoms with Gasteiger partial charge in [0.2, 0.25) is 0 Å². The third kappa shape index (κ3) is 7.77. The van der Waals surface area contributed by atoms with Crippen LogP contribution in [0.3, 0.4) is 0 Å². The molecule has 4 nitrogen and oxygen atoms in total. The molecule has 0 aliphatic carbocycles. The average molecular weight is 243 g/mol. The summed E-state index contributed by atoms with van der Waals surface area (Å²) in [5, 5.41) is 0. The normalized spacial score (nSPS) is 11.9. The van der Waals surface area contributed by atoms with Gasteiger partial charge >= 0.3 is 5.97 Å². The van der Waals surface area contributed by atoms with E-state index in [1.54, 1.807) is 6.92 Å². The molecule has 0 spiro atoms. The highest BCUT2D eigenvalue weighted by Gasteiger charge is 2.17. The Balaban J connectivity index is 3.83. The Morgan fingerprint density at radius 1 is 1.12 bits per heavy atom. The van der Waals surface area contributed by atoms with Crippen LogP contribution in [0.1, 0.15) is 65.7 Å². The minimum atomic E-state index is -0.404. The maximum atomic E-state index is 11.7. The number of carbonyl (C=O) groups is 2. The van der Waals surface area contributed by atoms with E-state index in [0.717, 1.165) is 25.7 Å². The largest absolute Gasteiger partial charge is 0.341 e. The summed E-state index contributed by atoms with van der Waals surface area (Å²) in [5.74, 6) is -0.624. The molecule has 0 saturated heterocycles. The van der Waals surface area contributed by atoms with Gasteiger partial charge in [-0.05, 0) is 12.8 Å². The number of unbranched alkanes of at least 4 members (excludes halogenated alkanes) is 3. The van der Waals surface area contributed by atoms with E-state index < -0.39 is 5.97 Å².